The SMILES string of the molecule is O=C(OCCc1ccc(OCc2ccccc2)cc1)C(Br)(Br)Br. The molecule has 0 amide bonds. The van der Waals surface area contributed by atoms with Crippen molar-refractivity contribution in [2.24, 2.45) is 0 Å². The van der Waals surface area contributed by atoms with Crippen molar-refractivity contribution in [3.8, 4) is 5.75 Å². The monoisotopic (exact) mass is 504 g/mol. The molecule has 3 nitrogen and oxygen atoms in total. The number of rotatable bonds is 6. The highest BCUT2D eigenvalue weighted by atomic mass is 80.0. The Morgan fingerprint density at radius 3 is 2.17 bits per heavy atom. The van der Waals surface area contributed by atoms with Crippen molar-refractivity contribution in [2.75, 3.05) is 6.61 Å². The average molecular weight is 507 g/mol. The van der Waals surface area contributed by atoms with Crippen LogP contribution in [0.4, 0.5) is 0 Å². The summed E-state index contributed by atoms with van der Waals surface area (Å²) in [4.78, 5) is 11.5. The van der Waals surface area contributed by atoms with Crippen LogP contribution in [0.3, 0.4) is 0 Å². The molecule has 0 aliphatic carbocycles. The molecule has 2 aromatic carbocycles. The summed E-state index contributed by atoms with van der Waals surface area (Å²) in [5.41, 5.74) is 2.21. The van der Waals surface area contributed by atoms with E-state index in [2.05, 4.69) is 47.8 Å². The molecule has 0 heterocycles. The third-order valence-corrected chi connectivity index (χ3v) is 4.00. The average Bonchev–Trinajstić information content (AvgIpc) is 2.54. The Balaban J connectivity index is 1.77. The van der Waals surface area contributed by atoms with E-state index in [0.29, 0.717) is 19.6 Å². The predicted molar refractivity (Wildman–Crippen MR) is 101 cm³/mol. The van der Waals surface area contributed by atoms with E-state index in [1.807, 2.05) is 54.6 Å². The van der Waals surface area contributed by atoms with Crippen LogP contribution < -0.4 is 4.74 Å². The first-order valence-corrected chi connectivity index (χ1v) is 9.32. The summed E-state index contributed by atoms with van der Waals surface area (Å²) >= 11 is 9.36. The molecule has 0 unspecified atom stereocenters. The lowest BCUT2D eigenvalue weighted by Gasteiger charge is -2.11. The fourth-order valence-corrected chi connectivity index (χ4v) is 2.18. The minimum Gasteiger partial charge on any atom is -0.489 e. The Bertz CT molecular complexity index is 622. The van der Waals surface area contributed by atoms with E-state index >= 15 is 0 Å². The highest BCUT2D eigenvalue weighted by Gasteiger charge is 2.30. The molecule has 0 N–H and O–H groups in total. The number of halogens is 3. The fourth-order valence-electron chi connectivity index (χ4n) is 1.84. The number of ether oxygens (including phenoxy) is 2. The molecule has 0 fully saturated rings. The predicted octanol–water partition coefficient (Wildman–Crippen LogP) is 5.19. The second kappa shape index (κ2) is 8.85. The standard InChI is InChI=1S/C17H15Br3O3/c18-17(19,20)16(21)22-11-10-13-6-8-15(9-7-13)23-12-14-4-2-1-3-5-14/h1-9H,10-12H2. The Labute approximate surface area is 160 Å². The van der Waals surface area contributed by atoms with Gasteiger partial charge in [-0.25, -0.2) is 4.79 Å². The van der Waals surface area contributed by atoms with E-state index in [1.165, 1.54) is 0 Å². The van der Waals surface area contributed by atoms with Crippen molar-refractivity contribution in [2.45, 2.75) is 15.2 Å². The van der Waals surface area contributed by atoms with Crippen LogP contribution in [-0.2, 0) is 22.6 Å². The maximum Gasteiger partial charge on any atom is 0.344 e. The Hall–Kier alpha value is -0.850. The first-order chi connectivity index (χ1) is 10.9. The normalized spacial score (nSPS) is 11.1. The van der Waals surface area contributed by atoms with Crippen LogP contribution in [0.5, 0.6) is 5.75 Å². The maximum atomic E-state index is 11.5. The first kappa shape index (κ1) is 18.5. The number of carbonyl (C=O) groups is 1. The molecule has 6 heteroatoms. The van der Waals surface area contributed by atoms with Gasteiger partial charge < -0.3 is 9.47 Å². The van der Waals surface area contributed by atoms with Crippen LogP contribution in [0.2, 0.25) is 0 Å². The van der Waals surface area contributed by atoms with Gasteiger partial charge in [-0.05, 0) is 71.0 Å². The van der Waals surface area contributed by atoms with E-state index < -0.39 is 8.11 Å². The lowest BCUT2D eigenvalue weighted by atomic mass is 10.1. The summed E-state index contributed by atoms with van der Waals surface area (Å²) in [6.07, 6.45) is 0.647. The Morgan fingerprint density at radius 1 is 0.913 bits per heavy atom. The van der Waals surface area contributed by atoms with Gasteiger partial charge in [0, 0.05) is 6.42 Å². The van der Waals surface area contributed by atoms with Crippen LogP contribution in [0.1, 0.15) is 11.1 Å². The van der Waals surface area contributed by atoms with Gasteiger partial charge in [-0.15, -0.1) is 0 Å². The van der Waals surface area contributed by atoms with Gasteiger partial charge in [-0.3, -0.25) is 0 Å². The highest BCUT2D eigenvalue weighted by molar-refractivity contribution is 9.40. The molecule has 122 valence electrons. The number of alkyl halides is 3. The molecule has 0 saturated carbocycles. The summed E-state index contributed by atoms with van der Waals surface area (Å²) in [7, 11) is 0. The van der Waals surface area contributed by atoms with Gasteiger partial charge in [-0.2, -0.15) is 0 Å². The molecule has 2 aromatic rings. The van der Waals surface area contributed by atoms with Crippen LogP contribution in [0.25, 0.3) is 0 Å². The molecule has 0 saturated heterocycles. The molecule has 0 spiro atoms. The number of carbonyl (C=O) groups excluding carboxylic acids is 1. The van der Waals surface area contributed by atoms with Gasteiger partial charge in [0.1, 0.15) is 12.4 Å². The quantitative estimate of drug-likeness (QED) is 0.399. The summed E-state index contributed by atoms with van der Waals surface area (Å²) < 4.78 is 9.85. The molecule has 2 rings (SSSR count). The summed E-state index contributed by atoms with van der Waals surface area (Å²) in [5, 5.41) is 0. The Kier molecular flexibility index (Phi) is 7.11. The van der Waals surface area contributed by atoms with E-state index in [9.17, 15) is 4.79 Å². The third-order valence-electron chi connectivity index (χ3n) is 3.03. The van der Waals surface area contributed by atoms with Crippen molar-refractivity contribution in [3.05, 3.63) is 65.7 Å². The second-order valence-electron chi connectivity index (χ2n) is 4.80. The largest absolute Gasteiger partial charge is 0.489 e. The lowest BCUT2D eigenvalue weighted by Crippen LogP contribution is -2.21. The van der Waals surface area contributed by atoms with Gasteiger partial charge >= 0.3 is 5.97 Å². The van der Waals surface area contributed by atoms with Crippen molar-refractivity contribution in [1.29, 1.82) is 0 Å². The second-order valence-corrected chi connectivity index (χ2v) is 11.6. The molecule has 0 atom stereocenters. The molecule has 0 radical (unpaired) electrons. The molecule has 0 aliphatic rings. The van der Waals surface area contributed by atoms with E-state index in [1.54, 1.807) is 0 Å². The van der Waals surface area contributed by atoms with Gasteiger partial charge in [-0.1, -0.05) is 42.5 Å². The minimum atomic E-state index is -1.01. The molecular weight excluding hydrogens is 492 g/mol. The van der Waals surface area contributed by atoms with Gasteiger partial charge in [0.2, 0.25) is 2.14 Å². The van der Waals surface area contributed by atoms with Crippen LogP contribution in [-0.4, -0.2) is 14.7 Å². The van der Waals surface area contributed by atoms with Gasteiger partial charge in [0.05, 0.1) is 6.61 Å². The van der Waals surface area contributed by atoms with Crippen LogP contribution in [0, 0.1) is 0 Å². The zero-order chi connectivity index (χ0) is 16.7. The van der Waals surface area contributed by atoms with Crippen molar-refractivity contribution < 1.29 is 14.3 Å². The topological polar surface area (TPSA) is 35.5 Å². The molecule has 0 aromatic heterocycles. The van der Waals surface area contributed by atoms with Crippen molar-refractivity contribution >= 4 is 53.8 Å². The van der Waals surface area contributed by atoms with Gasteiger partial charge in [0.15, 0.2) is 0 Å². The summed E-state index contributed by atoms with van der Waals surface area (Å²) in [5.74, 6) is 0.398. The molecule has 0 aliphatic heterocycles. The lowest BCUT2D eigenvalue weighted by molar-refractivity contribution is -0.141. The molecule has 23 heavy (non-hydrogen) atoms. The fraction of sp³-hybridized carbons (Fsp3) is 0.235. The molecular formula is C17H15Br3O3. The number of hydrogen-bond acceptors (Lipinski definition) is 3. The zero-order valence-electron chi connectivity index (χ0n) is 12.2. The van der Waals surface area contributed by atoms with Crippen molar-refractivity contribution in [1.82, 2.24) is 0 Å². The minimum absolute atomic E-state index is 0.313. The molecule has 0 bridgehead atoms. The summed E-state index contributed by atoms with van der Waals surface area (Å²) in [6, 6.07) is 17.8. The van der Waals surface area contributed by atoms with E-state index in [4.69, 9.17) is 9.47 Å². The van der Waals surface area contributed by atoms with Crippen LogP contribution >= 0.6 is 47.8 Å². The van der Waals surface area contributed by atoms with Crippen molar-refractivity contribution in [3.63, 3.8) is 0 Å². The maximum absolute atomic E-state index is 11.5. The number of hydrogen-bond donors (Lipinski definition) is 0. The highest BCUT2D eigenvalue weighted by Crippen LogP contribution is 2.34. The van der Waals surface area contributed by atoms with Gasteiger partial charge in [0.25, 0.3) is 0 Å². The Morgan fingerprint density at radius 2 is 1.57 bits per heavy atom. The summed E-state index contributed by atoms with van der Waals surface area (Å²) in [6.45, 7) is 0.856. The number of esters is 1. The van der Waals surface area contributed by atoms with Crippen LogP contribution in [0.15, 0.2) is 54.6 Å². The smallest absolute Gasteiger partial charge is 0.344 e. The number of benzene rings is 2. The zero-order valence-corrected chi connectivity index (χ0v) is 16.9. The first-order valence-electron chi connectivity index (χ1n) is 6.95. The van der Waals surface area contributed by atoms with E-state index in [-0.39, 0.29) is 0 Å². The third kappa shape index (κ3) is 6.65. The van der Waals surface area contributed by atoms with E-state index in [0.717, 1.165) is 16.9 Å².